The minimum atomic E-state index is -3.80. The average molecular weight is 340 g/mol. The normalized spacial score (nSPS) is 17.8. The van der Waals surface area contributed by atoms with Gasteiger partial charge in [0.15, 0.2) is 0 Å². The number of esters is 1. The van der Waals surface area contributed by atoms with Gasteiger partial charge in [-0.05, 0) is 30.7 Å². The van der Waals surface area contributed by atoms with Gasteiger partial charge in [-0.1, -0.05) is 13.3 Å². The van der Waals surface area contributed by atoms with Gasteiger partial charge in [-0.2, -0.15) is 4.72 Å². The number of cyclic esters (lactones) is 1. The number of carbonyl (C=O) groups excluding carboxylic acids is 2. The fourth-order valence-corrected chi connectivity index (χ4v) is 3.36. The van der Waals surface area contributed by atoms with Crippen molar-refractivity contribution in [1.29, 1.82) is 0 Å². The minimum absolute atomic E-state index is 0.0313. The quantitative estimate of drug-likeness (QED) is 0.731. The smallest absolute Gasteiger partial charge is 0.324 e. The second-order valence-electron chi connectivity index (χ2n) is 5.31. The zero-order chi connectivity index (χ0) is 16.9. The first-order valence-corrected chi connectivity index (χ1v) is 8.99. The lowest BCUT2D eigenvalue weighted by Gasteiger charge is -2.11. The van der Waals surface area contributed by atoms with E-state index in [1.165, 1.54) is 24.3 Å². The Morgan fingerprint density at radius 1 is 1.30 bits per heavy atom. The van der Waals surface area contributed by atoms with Crippen LogP contribution in [0.4, 0.5) is 5.69 Å². The molecule has 1 fully saturated rings. The molecule has 1 unspecified atom stereocenters. The summed E-state index contributed by atoms with van der Waals surface area (Å²) < 4.78 is 31.5. The summed E-state index contributed by atoms with van der Waals surface area (Å²) >= 11 is 0. The third-order valence-corrected chi connectivity index (χ3v) is 4.93. The van der Waals surface area contributed by atoms with E-state index in [2.05, 4.69) is 10.0 Å². The first-order chi connectivity index (χ1) is 10.9. The molecule has 1 aromatic carbocycles. The molecule has 7 nitrogen and oxygen atoms in total. The highest BCUT2D eigenvalue weighted by Gasteiger charge is 2.31. The first-order valence-electron chi connectivity index (χ1n) is 7.51. The number of amides is 1. The second-order valence-corrected chi connectivity index (χ2v) is 7.02. The van der Waals surface area contributed by atoms with Crippen molar-refractivity contribution >= 4 is 27.6 Å². The predicted octanol–water partition coefficient (Wildman–Crippen LogP) is 1.41. The second kappa shape index (κ2) is 7.56. The molecule has 0 aromatic heterocycles. The molecule has 0 aliphatic carbocycles. The van der Waals surface area contributed by atoms with Gasteiger partial charge in [-0.3, -0.25) is 9.59 Å². The van der Waals surface area contributed by atoms with Gasteiger partial charge < -0.3 is 10.1 Å². The van der Waals surface area contributed by atoms with Crippen LogP contribution in [0, 0.1) is 0 Å². The number of hydrogen-bond acceptors (Lipinski definition) is 5. The molecule has 0 radical (unpaired) electrons. The zero-order valence-electron chi connectivity index (χ0n) is 12.9. The molecule has 1 saturated heterocycles. The van der Waals surface area contributed by atoms with Crippen molar-refractivity contribution in [3.05, 3.63) is 24.3 Å². The minimum Gasteiger partial charge on any atom is -0.464 e. The molecule has 1 aliphatic rings. The summed E-state index contributed by atoms with van der Waals surface area (Å²) in [6.45, 7) is 2.22. The van der Waals surface area contributed by atoms with Crippen LogP contribution in [0.3, 0.4) is 0 Å². The predicted molar refractivity (Wildman–Crippen MR) is 84.3 cm³/mol. The lowest BCUT2D eigenvalue weighted by molar-refractivity contribution is -0.139. The molecule has 2 N–H and O–H groups in total. The number of benzene rings is 1. The number of carbonyl (C=O) groups is 2. The number of sulfonamides is 1. The summed E-state index contributed by atoms with van der Waals surface area (Å²) in [6, 6.07) is 4.97. The molecule has 8 heteroatoms. The van der Waals surface area contributed by atoms with E-state index in [4.69, 9.17) is 4.74 Å². The van der Waals surface area contributed by atoms with Gasteiger partial charge in [0.2, 0.25) is 15.9 Å². The topological polar surface area (TPSA) is 102 Å². The Balaban J connectivity index is 2.00. The number of hydrogen-bond donors (Lipinski definition) is 2. The summed E-state index contributed by atoms with van der Waals surface area (Å²) in [4.78, 5) is 23.0. The number of nitrogens with one attached hydrogen (secondary N) is 2. The molecule has 126 valence electrons. The Bertz CT molecular complexity index is 670. The molecule has 2 rings (SSSR count). The lowest BCUT2D eigenvalue weighted by Crippen LogP contribution is -2.37. The third kappa shape index (κ3) is 4.77. The van der Waals surface area contributed by atoms with Gasteiger partial charge in [0.1, 0.15) is 6.04 Å². The van der Waals surface area contributed by atoms with E-state index >= 15 is 0 Å². The maximum absolute atomic E-state index is 12.2. The van der Waals surface area contributed by atoms with Crippen molar-refractivity contribution in [3.8, 4) is 0 Å². The van der Waals surface area contributed by atoms with Crippen LogP contribution in [0.1, 0.15) is 32.6 Å². The van der Waals surface area contributed by atoms with E-state index in [1.54, 1.807) is 0 Å². The van der Waals surface area contributed by atoms with Gasteiger partial charge in [0.25, 0.3) is 0 Å². The Kier molecular flexibility index (Phi) is 5.73. The van der Waals surface area contributed by atoms with E-state index in [0.717, 1.165) is 12.8 Å². The fourth-order valence-electron chi connectivity index (χ4n) is 2.14. The number of rotatable bonds is 7. The van der Waals surface area contributed by atoms with Crippen molar-refractivity contribution in [2.45, 2.75) is 43.5 Å². The monoisotopic (exact) mass is 340 g/mol. The highest BCUT2D eigenvalue weighted by molar-refractivity contribution is 7.89. The van der Waals surface area contributed by atoms with Crippen LogP contribution in [0.5, 0.6) is 0 Å². The van der Waals surface area contributed by atoms with E-state index in [1.807, 2.05) is 6.92 Å². The van der Waals surface area contributed by atoms with Crippen LogP contribution in [-0.4, -0.2) is 32.9 Å². The van der Waals surface area contributed by atoms with Gasteiger partial charge in [-0.25, -0.2) is 8.42 Å². The lowest BCUT2D eigenvalue weighted by atomic mass is 10.2. The van der Waals surface area contributed by atoms with Gasteiger partial charge >= 0.3 is 5.97 Å². The van der Waals surface area contributed by atoms with Crippen molar-refractivity contribution < 1.29 is 22.7 Å². The van der Waals surface area contributed by atoms with Crippen LogP contribution >= 0.6 is 0 Å². The van der Waals surface area contributed by atoms with E-state index in [-0.39, 0.29) is 17.4 Å². The third-order valence-electron chi connectivity index (χ3n) is 3.44. The molecule has 1 amide bonds. The Hall–Kier alpha value is -1.93. The maximum Gasteiger partial charge on any atom is 0.324 e. The van der Waals surface area contributed by atoms with Crippen molar-refractivity contribution in [2.75, 3.05) is 11.9 Å². The van der Waals surface area contributed by atoms with Gasteiger partial charge in [0.05, 0.1) is 11.5 Å². The highest BCUT2D eigenvalue weighted by Crippen LogP contribution is 2.16. The summed E-state index contributed by atoms with van der Waals surface area (Å²) in [5.41, 5.74) is 0.533. The molecule has 23 heavy (non-hydrogen) atoms. The van der Waals surface area contributed by atoms with Crippen LogP contribution in [0.25, 0.3) is 0 Å². The van der Waals surface area contributed by atoms with E-state index in [0.29, 0.717) is 18.5 Å². The van der Waals surface area contributed by atoms with Crippen LogP contribution in [-0.2, 0) is 24.3 Å². The molecule has 1 aromatic rings. The van der Waals surface area contributed by atoms with Crippen molar-refractivity contribution in [2.24, 2.45) is 0 Å². The Morgan fingerprint density at radius 3 is 2.57 bits per heavy atom. The number of unbranched alkanes of at least 4 members (excludes halogenated alkanes) is 1. The molecular formula is C15H20N2O5S. The summed E-state index contributed by atoms with van der Waals surface area (Å²) in [6.07, 6.45) is 2.49. The standard InChI is InChI=1S/C15H20N2O5S/c1-2-3-4-14(18)16-11-5-7-12(8-6-11)23(20,21)17-13-9-10-22-15(13)19/h5-8,13,17H,2-4,9-10H2,1H3,(H,16,18). The molecule has 0 spiro atoms. The van der Waals surface area contributed by atoms with Crippen LogP contribution in [0.15, 0.2) is 29.2 Å². The maximum atomic E-state index is 12.2. The molecule has 1 aliphatic heterocycles. The summed E-state index contributed by atoms with van der Waals surface area (Å²) in [5.74, 6) is -0.664. The molecule has 0 bridgehead atoms. The SMILES string of the molecule is CCCCC(=O)Nc1ccc(S(=O)(=O)NC2CCOC2=O)cc1. The number of anilines is 1. The van der Waals surface area contributed by atoms with Crippen molar-refractivity contribution in [3.63, 3.8) is 0 Å². The largest absolute Gasteiger partial charge is 0.464 e. The van der Waals surface area contributed by atoms with Gasteiger partial charge in [0, 0.05) is 18.5 Å². The average Bonchev–Trinajstić information content (AvgIpc) is 2.90. The van der Waals surface area contributed by atoms with Crippen molar-refractivity contribution in [1.82, 2.24) is 4.72 Å². The molecular weight excluding hydrogens is 320 g/mol. The fraction of sp³-hybridized carbons (Fsp3) is 0.467. The van der Waals surface area contributed by atoms with E-state index < -0.39 is 22.0 Å². The zero-order valence-corrected chi connectivity index (χ0v) is 13.7. The number of ether oxygens (including phenoxy) is 1. The van der Waals surface area contributed by atoms with Crippen LogP contribution in [0.2, 0.25) is 0 Å². The molecule has 1 heterocycles. The Labute approximate surface area is 135 Å². The van der Waals surface area contributed by atoms with E-state index in [9.17, 15) is 18.0 Å². The molecule has 1 atom stereocenters. The summed E-state index contributed by atoms with van der Waals surface area (Å²) in [5, 5.41) is 2.71. The van der Waals surface area contributed by atoms with Gasteiger partial charge in [-0.15, -0.1) is 0 Å². The van der Waals surface area contributed by atoms with Crippen LogP contribution < -0.4 is 10.0 Å². The molecule has 0 saturated carbocycles. The summed E-state index contributed by atoms with van der Waals surface area (Å²) in [7, 11) is -3.80. The highest BCUT2D eigenvalue weighted by atomic mass is 32.2. The first kappa shape index (κ1) is 17.4. The Morgan fingerprint density at radius 2 is 2.00 bits per heavy atom.